The van der Waals surface area contributed by atoms with Crippen LogP contribution in [0.2, 0.25) is 0 Å². The summed E-state index contributed by atoms with van der Waals surface area (Å²) < 4.78 is 0. The third-order valence-corrected chi connectivity index (χ3v) is 3.80. The average Bonchev–Trinajstić information content (AvgIpc) is 2.54. The number of hydrogen-bond acceptors (Lipinski definition) is 8. The van der Waals surface area contributed by atoms with Crippen molar-refractivity contribution in [3.05, 3.63) is 0 Å². The molecule has 0 bridgehead atoms. The molecule has 0 aromatic carbocycles. The Balaban J connectivity index is 4.92. The van der Waals surface area contributed by atoms with E-state index in [1.54, 1.807) is 0 Å². The Morgan fingerprint density at radius 3 is 1.85 bits per heavy atom. The van der Waals surface area contributed by atoms with Gasteiger partial charge in [0.05, 0.1) is 12.2 Å². The van der Waals surface area contributed by atoms with Gasteiger partial charge in [-0.15, -0.1) is 0 Å². The van der Waals surface area contributed by atoms with E-state index >= 15 is 0 Å². The van der Waals surface area contributed by atoms with E-state index in [1.807, 2.05) is 0 Å². The molecule has 0 aromatic heterocycles. The van der Waals surface area contributed by atoms with E-state index in [-0.39, 0.29) is 5.75 Å². The van der Waals surface area contributed by atoms with Gasteiger partial charge in [-0.05, 0) is 20.8 Å². The Hall–Kier alpha value is -1.89. The van der Waals surface area contributed by atoms with Gasteiger partial charge in [-0.3, -0.25) is 14.4 Å². The SMILES string of the molecule is CC(NC(=O)C(NC(=O)C(N)C(C)O)C(C)O)C(=O)NC(CS)C(=O)O. The fourth-order valence-electron chi connectivity index (χ4n) is 1.72. The molecular weight excluding hydrogens is 368 g/mol. The van der Waals surface area contributed by atoms with Crippen LogP contribution in [0, 0.1) is 0 Å². The summed E-state index contributed by atoms with van der Waals surface area (Å²) in [6.07, 6.45) is -2.49. The molecule has 0 aliphatic carbocycles. The maximum absolute atomic E-state index is 12.2. The van der Waals surface area contributed by atoms with Crippen LogP contribution in [0.4, 0.5) is 0 Å². The van der Waals surface area contributed by atoms with E-state index in [9.17, 15) is 29.4 Å². The highest BCUT2D eigenvalue weighted by Gasteiger charge is 2.31. The second-order valence-electron chi connectivity index (χ2n) is 5.81. The molecule has 6 atom stereocenters. The van der Waals surface area contributed by atoms with Crippen molar-refractivity contribution in [2.24, 2.45) is 5.73 Å². The van der Waals surface area contributed by atoms with Gasteiger partial charge in [-0.2, -0.15) is 12.6 Å². The van der Waals surface area contributed by atoms with E-state index in [2.05, 4.69) is 28.6 Å². The molecular formula is C14H26N4O7S. The molecule has 0 aliphatic heterocycles. The van der Waals surface area contributed by atoms with E-state index in [0.29, 0.717) is 0 Å². The molecule has 3 amide bonds. The number of carboxylic acids is 1. The molecule has 0 radical (unpaired) electrons. The number of aliphatic hydroxyl groups excluding tert-OH is 2. The largest absolute Gasteiger partial charge is 0.480 e. The molecule has 0 aliphatic rings. The molecule has 0 rings (SSSR count). The number of nitrogens with two attached hydrogens (primary N) is 1. The van der Waals surface area contributed by atoms with E-state index in [4.69, 9.17) is 10.8 Å². The summed E-state index contributed by atoms with van der Waals surface area (Å²) in [6, 6.07) is -5.12. The molecule has 0 spiro atoms. The Morgan fingerprint density at radius 1 is 0.923 bits per heavy atom. The third-order valence-electron chi connectivity index (χ3n) is 3.43. The van der Waals surface area contributed by atoms with Crippen LogP contribution in [0.1, 0.15) is 20.8 Å². The Bertz CT molecular complexity index is 529. The van der Waals surface area contributed by atoms with Gasteiger partial charge in [0.25, 0.3) is 0 Å². The molecule has 26 heavy (non-hydrogen) atoms. The first-order chi connectivity index (χ1) is 11.9. The summed E-state index contributed by atoms with van der Waals surface area (Å²) in [5.41, 5.74) is 5.45. The van der Waals surface area contributed by atoms with Crippen LogP contribution < -0.4 is 21.7 Å². The number of aliphatic hydroxyl groups is 2. The van der Waals surface area contributed by atoms with Crippen LogP contribution in [0.3, 0.4) is 0 Å². The third kappa shape index (κ3) is 7.56. The lowest BCUT2D eigenvalue weighted by molar-refractivity contribution is -0.141. The first kappa shape index (κ1) is 24.1. The van der Waals surface area contributed by atoms with Crippen LogP contribution in [-0.2, 0) is 19.2 Å². The zero-order valence-electron chi connectivity index (χ0n) is 14.7. The molecule has 0 heterocycles. The van der Waals surface area contributed by atoms with E-state index in [1.165, 1.54) is 20.8 Å². The summed E-state index contributed by atoms with van der Waals surface area (Å²) in [5.74, 6) is -3.96. The quantitative estimate of drug-likeness (QED) is 0.175. The second-order valence-corrected chi connectivity index (χ2v) is 6.17. The molecule has 0 saturated carbocycles. The molecule has 12 heteroatoms. The standard InChI is InChI=1S/C14H26N4O7S/c1-5(11(21)17-8(4-26)14(24)25)16-13(23)10(7(3)20)18-12(22)9(15)6(2)19/h5-10,19-20,26H,4,15H2,1-3H3,(H,16,23)(H,17,21)(H,18,22)(H,24,25). The predicted molar refractivity (Wildman–Crippen MR) is 94.3 cm³/mol. The molecule has 0 saturated heterocycles. The number of nitrogens with one attached hydrogen (secondary N) is 3. The molecule has 11 nitrogen and oxygen atoms in total. The second kappa shape index (κ2) is 11.0. The summed E-state index contributed by atoms with van der Waals surface area (Å²) in [4.78, 5) is 46.9. The number of carbonyl (C=O) groups is 4. The Morgan fingerprint density at radius 2 is 1.46 bits per heavy atom. The Labute approximate surface area is 156 Å². The number of rotatable bonds is 10. The van der Waals surface area contributed by atoms with Crippen molar-refractivity contribution in [1.29, 1.82) is 0 Å². The zero-order valence-corrected chi connectivity index (χ0v) is 15.6. The molecule has 6 unspecified atom stereocenters. The number of hydrogen-bond donors (Lipinski definition) is 8. The highest BCUT2D eigenvalue weighted by atomic mass is 32.1. The van der Waals surface area contributed by atoms with Gasteiger partial charge < -0.3 is 37.0 Å². The highest BCUT2D eigenvalue weighted by Crippen LogP contribution is 1.99. The number of carbonyl (C=O) groups excluding carboxylic acids is 3. The fourth-order valence-corrected chi connectivity index (χ4v) is 1.97. The van der Waals surface area contributed by atoms with Crippen LogP contribution >= 0.6 is 12.6 Å². The minimum absolute atomic E-state index is 0.147. The number of aliphatic carboxylic acids is 1. The average molecular weight is 394 g/mol. The van der Waals surface area contributed by atoms with Gasteiger partial charge in [0.2, 0.25) is 17.7 Å². The van der Waals surface area contributed by atoms with Crippen molar-refractivity contribution in [1.82, 2.24) is 16.0 Å². The van der Waals surface area contributed by atoms with Crippen LogP contribution in [0.15, 0.2) is 0 Å². The zero-order chi connectivity index (χ0) is 20.6. The summed E-state index contributed by atoms with van der Waals surface area (Å²) in [7, 11) is 0. The summed E-state index contributed by atoms with van der Waals surface area (Å²) >= 11 is 3.80. The maximum Gasteiger partial charge on any atom is 0.327 e. The molecule has 0 aromatic rings. The minimum Gasteiger partial charge on any atom is -0.480 e. The van der Waals surface area contributed by atoms with E-state index in [0.717, 1.165) is 0 Å². The van der Waals surface area contributed by atoms with Gasteiger partial charge in [0, 0.05) is 5.75 Å². The van der Waals surface area contributed by atoms with Gasteiger partial charge >= 0.3 is 5.97 Å². The highest BCUT2D eigenvalue weighted by molar-refractivity contribution is 7.80. The van der Waals surface area contributed by atoms with Crippen molar-refractivity contribution < 1.29 is 34.5 Å². The number of amides is 3. The van der Waals surface area contributed by atoms with Crippen molar-refractivity contribution in [2.45, 2.75) is 57.1 Å². The first-order valence-electron chi connectivity index (χ1n) is 7.78. The predicted octanol–water partition coefficient (Wildman–Crippen LogP) is -3.44. The first-order valence-corrected chi connectivity index (χ1v) is 8.42. The van der Waals surface area contributed by atoms with Crippen molar-refractivity contribution >= 4 is 36.3 Å². The van der Waals surface area contributed by atoms with Crippen LogP contribution in [0.5, 0.6) is 0 Å². The lowest BCUT2D eigenvalue weighted by Gasteiger charge is -2.25. The van der Waals surface area contributed by atoms with Crippen molar-refractivity contribution in [3.63, 3.8) is 0 Å². The number of carboxylic acid groups (broad SMARTS) is 1. The van der Waals surface area contributed by atoms with Crippen molar-refractivity contribution in [3.8, 4) is 0 Å². The van der Waals surface area contributed by atoms with Crippen LogP contribution in [-0.4, -0.2) is 81.1 Å². The van der Waals surface area contributed by atoms with Crippen molar-refractivity contribution in [2.75, 3.05) is 5.75 Å². The van der Waals surface area contributed by atoms with Gasteiger partial charge in [-0.1, -0.05) is 0 Å². The van der Waals surface area contributed by atoms with Gasteiger partial charge in [0.15, 0.2) is 0 Å². The van der Waals surface area contributed by atoms with Gasteiger partial charge in [-0.25, -0.2) is 4.79 Å². The minimum atomic E-state index is -1.43. The summed E-state index contributed by atoms with van der Waals surface area (Å²) in [6.45, 7) is 3.83. The molecule has 150 valence electrons. The lowest BCUT2D eigenvalue weighted by Crippen LogP contribution is -2.60. The van der Waals surface area contributed by atoms with Gasteiger partial charge in [0.1, 0.15) is 24.2 Å². The molecule has 8 N–H and O–H groups in total. The maximum atomic E-state index is 12.2. The fraction of sp³-hybridized carbons (Fsp3) is 0.714. The number of thiol groups is 1. The van der Waals surface area contributed by atoms with E-state index < -0.39 is 60.1 Å². The monoisotopic (exact) mass is 394 g/mol. The normalized spacial score (nSPS) is 17.8. The lowest BCUT2D eigenvalue weighted by atomic mass is 10.1. The van der Waals surface area contributed by atoms with Crippen LogP contribution in [0.25, 0.3) is 0 Å². The molecule has 0 fully saturated rings. The topological polar surface area (TPSA) is 191 Å². The summed E-state index contributed by atoms with van der Waals surface area (Å²) in [5, 5.41) is 34.5. The smallest absolute Gasteiger partial charge is 0.327 e. The Kier molecular flexibility index (Phi) is 10.2.